The Kier molecular flexibility index (Phi) is 5.20. The summed E-state index contributed by atoms with van der Waals surface area (Å²) < 4.78 is 0. The molecule has 25 heavy (non-hydrogen) atoms. The zero-order valence-electron chi connectivity index (χ0n) is 14.0. The van der Waals surface area contributed by atoms with Crippen LogP contribution in [0.1, 0.15) is 21.5 Å². The molecule has 0 N–H and O–H groups in total. The van der Waals surface area contributed by atoms with Crippen molar-refractivity contribution in [1.82, 2.24) is 0 Å². The van der Waals surface area contributed by atoms with Gasteiger partial charge >= 0.3 is 0 Å². The molecule has 3 aromatic carbocycles. The quantitative estimate of drug-likeness (QED) is 0.362. The summed E-state index contributed by atoms with van der Waals surface area (Å²) in [6.07, 6.45) is 1.61. The van der Waals surface area contributed by atoms with Crippen molar-refractivity contribution in [3.05, 3.63) is 108 Å². The number of benzene rings is 3. The number of ketones is 1. The van der Waals surface area contributed by atoms with Crippen LogP contribution in [-0.4, -0.2) is 12.1 Å². The van der Waals surface area contributed by atoms with Gasteiger partial charge in [0.1, 0.15) is 6.29 Å². The molecule has 0 amide bonds. The molecule has 0 radical (unpaired) electrons. The van der Waals surface area contributed by atoms with E-state index < -0.39 is 5.41 Å². The van der Waals surface area contributed by atoms with E-state index in [9.17, 15) is 9.59 Å². The van der Waals surface area contributed by atoms with Gasteiger partial charge in [0.25, 0.3) is 0 Å². The summed E-state index contributed by atoms with van der Waals surface area (Å²) in [6.45, 7) is 0. The maximum atomic E-state index is 13.3. The standard InChI is InChI=1S/C23H20O2/c24-18-23(16-19-10-4-1-5-11-19,17-20-12-6-2-7-13-20)22(25)21-14-8-3-9-15-21/h1-15,18H,16-17H2. The molecule has 0 atom stereocenters. The van der Waals surface area contributed by atoms with Crippen molar-refractivity contribution in [3.8, 4) is 0 Å². The first-order chi connectivity index (χ1) is 12.2. The molecule has 0 heterocycles. The first-order valence-corrected chi connectivity index (χ1v) is 8.37. The highest BCUT2D eigenvalue weighted by atomic mass is 16.1. The minimum Gasteiger partial charge on any atom is -0.302 e. The fraction of sp³-hybridized carbons (Fsp3) is 0.130. The van der Waals surface area contributed by atoms with Crippen LogP contribution in [0, 0.1) is 5.41 Å². The van der Waals surface area contributed by atoms with Crippen molar-refractivity contribution < 1.29 is 9.59 Å². The largest absolute Gasteiger partial charge is 0.302 e. The second-order valence-corrected chi connectivity index (χ2v) is 6.29. The predicted molar refractivity (Wildman–Crippen MR) is 99.6 cm³/mol. The third-order valence-electron chi connectivity index (χ3n) is 4.44. The van der Waals surface area contributed by atoms with Crippen molar-refractivity contribution in [3.63, 3.8) is 0 Å². The van der Waals surface area contributed by atoms with Crippen molar-refractivity contribution in [2.75, 3.05) is 0 Å². The first kappa shape index (κ1) is 16.8. The molecule has 2 heteroatoms. The third kappa shape index (κ3) is 3.92. The molecular formula is C23H20O2. The summed E-state index contributed by atoms with van der Waals surface area (Å²) in [5.41, 5.74) is 1.43. The lowest BCUT2D eigenvalue weighted by atomic mass is 9.72. The van der Waals surface area contributed by atoms with Crippen molar-refractivity contribution in [2.45, 2.75) is 12.8 Å². The Hall–Kier alpha value is -3.00. The lowest BCUT2D eigenvalue weighted by Crippen LogP contribution is -2.37. The van der Waals surface area contributed by atoms with E-state index in [2.05, 4.69) is 0 Å². The van der Waals surface area contributed by atoms with Gasteiger partial charge in [-0.05, 0) is 24.0 Å². The topological polar surface area (TPSA) is 34.1 Å². The Bertz CT molecular complexity index is 782. The van der Waals surface area contributed by atoms with Gasteiger partial charge in [-0.15, -0.1) is 0 Å². The van der Waals surface area contributed by atoms with E-state index in [-0.39, 0.29) is 5.78 Å². The molecule has 0 aliphatic heterocycles. The highest BCUT2D eigenvalue weighted by Crippen LogP contribution is 2.30. The van der Waals surface area contributed by atoms with Gasteiger partial charge in [-0.3, -0.25) is 4.79 Å². The van der Waals surface area contributed by atoms with Crippen LogP contribution >= 0.6 is 0 Å². The summed E-state index contributed by atoms with van der Waals surface area (Å²) in [6, 6.07) is 28.5. The molecule has 3 rings (SSSR count). The number of hydrogen-bond donors (Lipinski definition) is 0. The normalized spacial score (nSPS) is 11.0. The molecule has 0 spiro atoms. The molecule has 0 fully saturated rings. The zero-order valence-corrected chi connectivity index (χ0v) is 14.0. The summed E-state index contributed by atoms with van der Waals surface area (Å²) in [7, 11) is 0. The Labute approximate surface area is 148 Å². The first-order valence-electron chi connectivity index (χ1n) is 8.37. The van der Waals surface area contributed by atoms with Crippen molar-refractivity contribution in [1.29, 1.82) is 0 Å². The Morgan fingerprint density at radius 1 is 0.680 bits per heavy atom. The van der Waals surface area contributed by atoms with Crippen molar-refractivity contribution >= 4 is 12.1 Å². The summed E-state index contributed by atoms with van der Waals surface area (Å²) >= 11 is 0. The van der Waals surface area contributed by atoms with E-state index in [1.165, 1.54) is 0 Å². The van der Waals surface area contributed by atoms with E-state index in [0.29, 0.717) is 18.4 Å². The summed E-state index contributed by atoms with van der Waals surface area (Å²) in [4.78, 5) is 25.5. The van der Waals surface area contributed by atoms with Crippen LogP contribution in [0.2, 0.25) is 0 Å². The van der Waals surface area contributed by atoms with Crippen LogP contribution in [0.3, 0.4) is 0 Å². The Balaban J connectivity index is 2.02. The van der Waals surface area contributed by atoms with E-state index >= 15 is 0 Å². The molecule has 0 aromatic heterocycles. The van der Waals surface area contributed by atoms with Gasteiger partial charge in [0.2, 0.25) is 0 Å². The molecule has 0 bridgehead atoms. The average Bonchev–Trinajstić information content (AvgIpc) is 2.69. The second kappa shape index (κ2) is 7.71. The number of rotatable bonds is 7. The molecule has 124 valence electrons. The van der Waals surface area contributed by atoms with Crippen LogP contribution < -0.4 is 0 Å². The lowest BCUT2D eigenvalue weighted by Gasteiger charge is -2.27. The van der Waals surface area contributed by atoms with Gasteiger partial charge in [0.05, 0.1) is 5.41 Å². The third-order valence-corrected chi connectivity index (χ3v) is 4.44. The summed E-state index contributed by atoms with van der Waals surface area (Å²) in [5.74, 6) is -0.129. The number of carbonyl (C=O) groups excluding carboxylic acids is 2. The van der Waals surface area contributed by atoms with E-state index in [1.807, 2.05) is 78.9 Å². The summed E-state index contributed by atoms with van der Waals surface area (Å²) in [5, 5.41) is 0. The lowest BCUT2D eigenvalue weighted by molar-refractivity contribution is -0.114. The number of carbonyl (C=O) groups is 2. The van der Waals surface area contributed by atoms with Crippen LogP contribution in [0.25, 0.3) is 0 Å². The fourth-order valence-electron chi connectivity index (χ4n) is 3.16. The minimum atomic E-state index is -1.11. The van der Waals surface area contributed by atoms with Crippen LogP contribution in [-0.2, 0) is 17.6 Å². The molecular weight excluding hydrogens is 308 g/mol. The highest BCUT2D eigenvalue weighted by molar-refractivity contribution is 6.09. The number of Topliss-reactive ketones (excluding diaryl/α,β-unsaturated/α-hetero) is 1. The van der Waals surface area contributed by atoms with E-state index in [1.54, 1.807) is 12.1 Å². The van der Waals surface area contributed by atoms with E-state index in [0.717, 1.165) is 17.4 Å². The smallest absolute Gasteiger partial charge is 0.176 e. The van der Waals surface area contributed by atoms with Crippen LogP contribution in [0.4, 0.5) is 0 Å². The second-order valence-electron chi connectivity index (χ2n) is 6.29. The predicted octanol–water partition coefficient (Wildman–Crippen LogP) is 4.54. The zero-order chi connectivity index (χ0) is 17.5. The van der Waals surface area contributed by atoms with E-state index in [4.69, 9.17) is 0 Å². The maximum absolute atomic E-state index is 13.3. The Morgan fingerprint density at radius 3 is 1.48 bits per heavy atom. The van der Waals surface area contributed by atoms with Gasteiger partial charge < -0.3 is 4.79 Å². The molecule has 3 aromatic rings. The maximum Gasteiger partial charge on any atom is 0.176 e. The number of aldehydes is 1. The minimum absolute atomic E-state index is 0.129. The van der Waals surface area contributed by atoms with Crippen LogP contribution in [0.5, 0.6) is 0 Å². The van der Waals surface area contributed by atoms with Gasteiger partial charge in [-0.2, -0.15) is 0 Å². The van der Waals surface area contributed by atoms with Crippen LogP contribution in [0.15, 0.2) is 91.0 Å². The number of hydrogen-bond acceptors (Lipinski definition) is 2. The SMILES string of the molecule is O=CC(Cc1ccccc1)(Cc1ccccc1)C(=O)c1ccccc1. The average molecular weight is 328 g/mol. The molecule has 0 saturated carbocycles. The molecule has 0 saturated heterocycles. The van der Waals surface area contributed by atoms with Gasteiger partial charge in [-0.1, -0.05) is 91.0 Å². The van der Waals surface area contributed by atoms with Gasteiger partial charge in [-0.25, -0.2) is 0 Å². The molecule has 2 nitrogen and oxygen atoms in total. The highest BCUT2D eigenvalue weighted by Gasteiger charge is 2.39. The van der Waals surface area contributed by atoms with Crippen molar-refractivity contribution in [2.24, 2.45) is 5.41 Å². The monoisotopic (exact) mass is 328 g/mol. The molecule has 0 aliphatic rings. The fourth-order valence-corrected chi connectivity index (χ4v) is 3.16. The Morgan fingerprint density at radius 2 is 1.08 bits per heavy atom. The molecule has 0 aliphatic carbocycles. The van der Waals surface area contributed by atoms with Gasteiger partial charge in [0.15, 0.2) is 5.78 Å². The molecule has 0 unspecified atom stereocenters. The van der Waals surface area contributed by atoms with Gasteiger partial charge in [0, 0.05) is 5.56 Å².